The fourth-order valence-electron chi connectivity index (χ4n) is 1.18. The Balaban J connectivity index is 3.78. The smallest absolute Gasteiger partial charge is 0.309 e. The van der Waals surface area contributed by atoms with Crippen molar-refractivity contribution >= 4 is 34.5 Å². The number of ether oxygens (including phenoxy) is 2. The largest absolute Gasteiger partial charge is 0.466 e. The molecule has 0 spiro atoms. The molecule has 0 fully saturated rings. The van der Waals surface area contributed by atoms with Gasteiger partial charge >= 0.3 is 11.9 Å². The highest BCUT2D eigenvalue weighted by atomic mass is 127. The summed E-state index contributed by atoms with van der Waals surface area (Å²) in [4.78, 5) is 22.5. The average molecular weight is 356 g/mol. The maximum Gasteiger partial charge on any atom is 0.309 e. The van der Waals surface area contributed by atoms with E-state index in [2.05, 4.69) is 29.5 Å². The molecular weight excluding hydrogens is 335 g/mol. The van der Waals surface area contributed by atoms with Gasteiger partial charge in [0.25, 0.3) is 0 Å². The molecule has 100 valence electrons. The molecular formula is C12H21IO4. The van der Waals surface area contributed by atoms with Gasteiger partial charge in [-0.05, 0) is 6.42 Å². The van der Waals surface area contributed by atoms with Crippen molar-refractivity contribution in [2.24, 2.45) is 0 Å². The second kappa shape index (κ2) is 10.8. The predicted octanol–water partition coefficient (Wildman–Crippen LogP) is 2.87. The number of alkyl halides is 1. The molecule has 0 saturated heterocycles. The Bertz CT molecular complexity index is 231. The minimum Gasteiger partial charge on any atom is -0.466 e. The molecule has 0 bridgehead atoms. The van der Waals surface area contributed by atoms with Gasteiger partial charge < -0.3 is 9.47 Å². The summed E-state index contributed by atoms with van der Waals surface area (Å²) in [5, 5.41) is 0. The lowest BCUT2D eigenvalue weighted by atomic mass is 10.2. The third kappa shape index (κ3) is 9.38. The van der Waals surface area contributed by atoms with E-state index < -0.39 is 0 Å². The van der Waals surface area contributed by atoms with Crippen molar-refractivity contribution in [2.75, 3.05) is 11.0 Å². The molecule has 5 heteroatoms. The lowest BCUT2D eigenvalue weighted by Gasteiger charge is -2.14. The van der Waals surface area contributed by atoms with Crippen LogP contribution in [-0.2, 0) is 19.1 Å². The molecule has 0 N–H and O–H groups in total. The zero-order chi connectivity index (χ0) is 13.1. The van der Waals surface area contributed by atoms with Gasteiger partial charge in [0.1, 0.15) is 6.10 Å². The van der Waals surface area contributed by atoms with Gasteiger partial charge in [0.15, 0.2) is 0 Å². The van der Waals surface area contributed by atoms with Crippen LogP contribution < -0.4 is 0 Å². The number of halogens is 1. The summed E-state index contributed by atoms with van der Waals surface area (Å²) in [5.41, 5.74) is 0. The number of carbonyl (C=O) groups excluding carboxylic acids is 2. The fraction of sp³-hybridized carbons (Fsp3) is 0.833. The van der Waals surface area contributed by atoms with E-state index in [1.54, 1.807) is 6.92 Å². The van der Waals surface area contributed by atoms with Crippen molar-refractivity contribution in [1.82, 2.24) is 0 Å². The van der Waals surface area contributed by atoms with E-state index in [1.165, 1.54) is 0 Å². The zero-order valence-electron chi connectivity index (χ0n) is 10.5. The quantitative estimate of drug-likeness (QED) is 0.276. The molecule has 0 aromatic carbocycles. The monoisotopic (exact) mass is 356 g/mol. The molecule has 0 heterocycles. The van der Waals surface area contributed by atoms with E-state index >= 15 is 0 Å². The second-order valence-corrected chi connectivity index (χ2v) is 4.63. The van der Waals surface area contributed by atoms with Crippen LogP contribution >= 0.6 is 22.6 Å². The zero-order valence-corrected chi connectivity index (χ0v) is 12.7. The highest BCUT2D eigenvalue weighted by Gasteiger charge is 2.17. The van der Waals surface area contributed by atoms with Gasteiger partial charge in [-0.15, -0.1) is 0 Å². The summed E-state index contributed by atoms with van der Waals surface area (Å²) < 4.78 is 10.8. The standard InChI is InChI=1S/C12H21IO4/c1-3-5-6-7-16-12(15)8-10(9-13)17-11(14)4-2/h10H,3-9H2,1-2H3. The number of carbonyl (C=O) groups is 2. The maximum atomic E-state index is 11.4. The second-order valence-electron chi connectivity index (χ2n) is 3.75. The van der Waals surface area contributed by atoms with E-state index in [0.29, 0.717) is 17.5 Å². The van der Waals surface area contributed by atoms with Crippen LogP contribution in [-0.4, -0.2) is 29.1 Å². The lowest BCUT2D eigenvalue weighted by molar-refractivity contribution is -0.153. The van der Waals surface area contributed by atoms with Crippen LogP contribution in [0.2, 0.25) is 0 Å². The average Bonchev–Trinajstić information content (AvgIpc) is 2.33. The van der Waals surface area contributed by atoms with E-state index in [9.17, 15) is 9.59 Å². The van der Waals surface area contributed by atoms with Gasteiger partial charge in [0, 0.05) is 10.8 Å². The van der Waals surface area contributed by atoms with Crippen LogP contribution in [0.1, 0.15) is 46.0 Å². The topological polar surface area (TPSA) is 52.6 Å². The highest BCUT2D eigenvalue weighted by Crippen LogP contribution is 2.07. The Morgan fingerprint density at radius 1 is 1.18 bits per heavy atom. The van der Waals surface area contributed by atoms with Crippen molar-refractivity contribution < 1.29 is 19.1 Å². The molecule has 1 atom stereocenters. The molecule has 0 aliphatic heterocycles. The lowest BCUT2D eigenvalue weighted by Crippen LogP contribution is -2.23. The molecule has 1 unspecified atom stereocenters. The van der Waals surface area contributed by atoms with Gasteiger partial charge in [0.05, 0.1) is 13.0 Å². The minimum atomic E-state index is -0.360. The Morgan fingerprint density at radius 3 is 2.41 bits per heavy atom. The first kappa shape index (κ1) is 16.7. The molecule has 0 amide bonds. The van der Waals surface area contributed by atoms with Crippen molar-refractivity contribution in [3.8, 4) is 0 Å². The number of esters is 2. The third-order valence-electron chi connectivity index (χ3n) is 2.16. The van der Waals surface area contributed by atoms with Crippen molar-refractivity contribution in [2.45, 2.75) is 52.1 Å². The summed E-state index contributed by atoms with van der Waals surface area (Å²) in [7, 11) is 0. The summed E-state index contributed by atoms with van der Waals surface area (Å²) in [6, 6.07) is 0. The van der Waals surface area contributed by atoms with E-state index in [4.69, 9.17) is 9.47 Å². The third-order valence-corrected chi connectivity index (χ3v) is 3.15. The Labute approximate surface area is 117 Å². The van der Waals surface area contributed by atoms with Crippen LogP contribution in [0.15, 0.2) is 0 Å². The van der Waals surface area contributed by atoms with Crippen molar-refractivity contribution in [3.63, 3.8) is 0 Å². The van der Waals surface area contributed by atoms with Crippen molar-refractivity contribution in [3.05, 3.63) is 0 Å². The Morgan fingerprint density at radius 2 is 1.88 bits per heavy atom. The summed E-state index contributed by atoms with van der Waals surface area (Å²) in [6.45, 7) is 4.29. The van der Waals surface area contributed by atoms with Gasteiger partial charge in [-0.3, -0.25) is 9.59 Å². The number of hydrogen-bond donors (Lipinski definition) is 0. The molecule has 0 aliphatic rings. The van der Waals surface area contributed by atoms with E-state index in [1.807, 2.05) is 0 Å². The van der Waals surface area contributed by atoms with Crippen LogP contribution in [0.3, 0.4) is 0 Å². The van der Waals surface area contributed by atoms with Crippen LogP contribution in [0, 0.1) is 0 Å². The molecule has 0 rings (SSSR count). The molecule has 0 saturated carbocycles. The summed E-state index contributed by atoms with van der Waals surface area (Å²) >= 11 is 2.10. The number of rotatable bonds is 9. The molecule has 17 heavy (non-hydrogen) atoms. The fourth-order valence-corrected chi connectivity index (χ4v) is 1.67. The van der Waals surface area contributed by atoms with Gasteiger partial charge in [-0.2, -0.15) is 0 Å². The Kier molecular flexibility index (Phi) is 10.6. The Hall–Kier alpha value is -0.330. The highest BCUT2D eigenvalue weighted by molar-refractivity contribution is 14.1. The number of unbranched alkanes of at least 4 members (excludes halogenated alkanes) is 2. The molecule has 0 aromatic heterocycles. The van der Waals surface area contributed by atoms with Crippen LogP contribution in [0.25, 0.3) is 0 Å². The van der Waals surface area contributed by atoms with Gasteiger partial charge in [-0.25, -0.2) is 0 Å². The molecule has 0 radical (unpaired) electrons. The predicted molar refractivity (Wildman–Crippen MR) is 74.2 cm³/mol. The van der Waals surface area contributed by atoms with E-state index in [0.717, 1.165) is 19.3 Å². The van der Waals surface area contributed by atoms with Crippen LogP contribution in [0.5, 0.6) is 0 Å². The first-order valence-electron chi connectivity index (χ1n) is 6.05. The summed E-state index contributed by atoms with van der Waals surface area (Å²) in [5.74, 6) is -0.558. The molecule has 4 nitrogen and oxygen atoms in total. The van der Waals surface area contributed by atoms with Gasteiger partial charge in [0.2, 0.25) is 0 Å². The van der Waals surface area contributed by atoms with Crippen molar-refractivity contribution in [1.29, 1.82) is 0 Å². The first-order valence-corrected chi connectivity index (χ1v) is 7.57. The van der Waals surface area contributed by atoms with E-state index in [-0.39, 0.29) is 24.5 Å². The van der Waals surface area contributed by atoms with Crippen LogP contribution in [0.4, 0.5) is 0 Å². The van der Waals surface area contributed by atoms with Gasteiger partial charge in [-0.1, -0.05) is 49.3 Å². The first-order chi connectivity index (χ1) is 8.13. The number of hydrogen-bond acceptors (Lipinski definition) is 4. The summed E-state index contributed by atoms with van der Waals surface area (Å²) in [6.07, 6.45) is 3.18. The maximum absolute atomic E-state index is 11.4. The SMILES string of the molecule is CCCCCOC(=O)CC(CI)OC(=O)CC. The molecule has 0 aliphatic carbocycles. The normalized spacial score (nSPS) is 11.9. The minimum absolute atomic E-state index is 0.154. The molecule has 0 aromatic rings.